The van der Waals surface area contributed by atoms with Gasteiger partial charge in [-0.15, -0.1) is 12.4 Å². The van der Waals surface area contributed by atoms with Crippen molar-refractivity contribution in [2.75, 3.05) is 13.6 Å². The topological polar surface area (TPSA) is 55.1 Å². The van der Waals surface area contributed by atoms with E-state index >= 15 is 0 Å². The highest BCUT2D eigenvalue weighted by molar-refractivity contribution is 5.85. The maximum Gasteiger partial charge on any atom is 0.221 e. The Morgan fingerprint density at radius 1 is 1.75 bits per heavy atom. The molecular formula is C4H11ClN2O. The lowest BCUT2D eigenvalue weighted by molar-refractivity contribution is -0.120. The number of rotatable bonds is 2. The summed E-state index contributed by atoms with van der Waals surface area (Å²) >= 11 is 0. The molecule has 0 aromatic carbocycles. The highest BCUT2D eigenvalue weighted by Gasteiger charge is 1.90. The number of carbonyl (C=O) groups excluding carboxylic acids is 1. The van der Waals surface area contributed by atoms with Gasteiger partial charge in [0, 0.05) is 20.0 Å². The van der Waals surface area contributed by atoms with Crippen LogP contribution in [0.3, 0.4) is 0 Å². The maximum atomic E-state index is 10.2. The molecule has 0 unspecified atom stereocenters. The zero-order valence-electron chi connectivity index (χ0n) is 4.81. The summed E-state index contributed by atoms with van der Waals surface area (Å²) in [5.74, 6) is 0.00231. The molecule has 0 atom stereocenters. The molecule has 50 valence electrons. The van der Waals surface area contributed by atoms with Gasteiger partial charge in [0.05, 0.1) is 0 Å². The van der Waals surface area contributed by atoms with E-state index in [2.05, 4.69) is 5.32 Å². The maximum absolute atomic E-state index is 10.2. The first-order valence-electron chi connectivity index (χ1n) is 2.22. The van der Waals surface area contributed by atoms with E-state index in [-0.39, 0.29) is 18.3 Å². The molecule has 0 saturated carbocycles. The number of nitrogens with one attached hydrogen (secondary N) is 1. The largest absolute Gasteiger partial charge is 0.359 e. The second-order valence-corrected chi connectivity index (χ2v) is 1.21. The lowest BCUT2D eigenvalue weighted by Crippen LogP contribution is -2.20. The highest BCUT2D eigenvalue weighted by Crippen LogP contribution is 1.68. The van der Waals surface area contributed by atoms with Crippen LogP contribution >= 0.6 is 12.4 Å². The van der Waals surface area contributed by atoms with E-state index in [0.29, 0.717) is 13.0 Å². The molecule has 0 aliphatic heterocycles. The standard InChI is InChI=1S/C4H10N2O.ClH/c1-6-4(7)2-3-5;/h2-3,5H2,1H3,(H,6,7);1H. The molecule has 0 aliphatic carbocycles. The van der Waals surface area contributed by atoms with Gasteiger partial charge in [0.1, 0.15) is 0 Å². The molecule has 1 amide bonds. The molecule has 3 N–H and O–H groups in total. The number of amides is 1. The van der Waals surface area contributed by atoms with Crippen LogP contribution in [0, 0.1) is 0 Å². The average molecular weight is 139 g/mol. The average Bonchev–Trinajstić information content (AvgIpc) is 1.68. The lowest BCUT2D eigenvalue weighted by atomic mass is 10.4. The molecule has 0 rings (SSSR count). The van der Waals surface area contributed by atoms with Gasteiger partial charge in [-0.05, 0) is 0 Å². The fourth-order valence-corrected chi connectivity index (χ4v) is 0.256. The van der Waals surface area contributed by atoms with Crippen LogP contribution in [0.15, 0.2) is 0 Å². The van der Waals surface area contributed by atoms with Gasteiger partial charge in [0.2, 0.25) is 5.91 Å². The van der Waals surface area contributed by atoms with Gasteiger partial charge in [-0.3, -0.25) is 4.79 Å². The van der Waals surface area contributed by atoms with Crippen LogP contribution in [0.25, 0.3) is 0 Å². The second-order valence-electron chi connectivity index (χ2n) is 1.21. The number of hydrogen-bond acceptors (Lipinski definition) is 2. The summed E-state index contributed by atoms with van der Waals surface area (Å²) in [6, 6.07) is 0. The van der Waals surface area contributed by atoms with Crippen molar-refractivity contribution < 1.29 is 4.79 Å². The quantitative estimate of drug-likeness (QED) is 0.541. The zero-order chi connectivity index (χ0) is 5.70. The predicted molar refractivity (Wildman–Crippen MR) is 35.0 cm³/mol. The minimum Gasteiger partial charge on any atom is -0.359 e. The van der Waals surface area contributed by atoms with Crippen LogP contribution in [-0.4, -0.2) is 19.5 Å². The Bertz CT molecular complexity index is 67.1. The summed E-state index contributed by atoms with van der Waals surface area (Å²) in [5, 5.41) is 2.45. The Balaban J connectivity index is 0. The molecule has 0 aromatic rings. The molecule has 0 radical (unpaired) electrons. The normalized spacial score (nSPS) is 7.25. The third-order valence-corrected chi connectivity index (χ3v) is 0.650. The number of halogens is 1. The third kappa shape index (κ3) is 5.72. The summed E-state index contributed by atoms with van der Waals surface area (Å²) < 4.78 is 0. The molecule has 0 saturated heterocycles. The van der Waals surface area contributed by atoms with Crippen LogP contribution in [0.1, 0.15) is 6.42 Å². The molecule has 8 heavy (non-hydrogen) atoms. The number of hydrogen-bond donors (Lipinski definition) is 2. The van der Waals surface area contributed by atoms with Gasteiger partial charge >= 0.3 is 0 Å². The Labute approximate surface area is 55.0 Å². The zero-order valence-corrected chi connectivity index (χ0v) is 5.62. The molecule has 0 bridgehead atoms. The van der Waals surface area contributed by atoms with Gasteiger partial charge in [-0.2, -0.15) is 0 Å². The molecule has 4 heteroatoms. The molecule has 0 spiro atoms. The van der Waals surface area contributed by atoms with E-state index in [1.807, 2.05) is 0 Å². The lowest BCUT2D eigenvalue weighted by Gasteiger charge is -1.91. The first-order valence-corrected chi connectivity index (χ1v) is 2.22. The molecule has 0 heterocycles. The highest BCUT2D eigenvalue weighted by atomic mass is 35.5. The summed E-state index contributed by atoms with van der Waals surface area (Å²) in [7, 11) is 1.60. The van der Waals surface area contributed by atoms with Crippen LogP contribution in [-0.2, 0) is 4.79 Å². The van der Waals surface area contributed by atoms with Crippen molar-refractivity contribution in [3.05, 3.63) is 0 Å². The Hall–Kier alpha value is -0.280. The smallest absolute Gasteiger partial charge is 0.221 e. The van der Waals surface area contributed by atoms with Crippen LogP contribution in [0.5, 0.6) is 0 Å². The molecule has 0 aromatic heterocycles. The van der Waals surface area contributed by atoms with E-state index in [9.17, 15) is 4.79 Å². The van der Waals surface area contributed by atoms with Crippen molar-refractivity contribution in [3.8, 4) is 0 Å². The van der Waals surface area contributed by atoms with Crippen molar-refractivity contribution in [3.63, 3.8) is 0 Å². The van der Waals surface area contributed by atoms with E-state index in [1.165, 1.54) is 0 Å². The van der Waals surface area contributed by atoms with Crippen LogP contribution < -0.4 is 11.1 Å². The van der Waals surface area contributed by atoms with Gasteiger partial charge in [0.25, 0.3) is 0 Å². The molecule has 0 fully saturated rings. The Morgan fingerprint density at radius 2 is 2.25 bits per heavy atom. The summed E-state index contributed by atoms with van der Waals surface area (Å²) in [6.07, 6.45) is 0.427. The van der Waals surface area contributed by atoms with Crippen molar-refractivity contribution >= 4 is 18.3 Å². The molecular weight excluding hydrogens is 128 g/mol. The monoisotopic (exact) mass is 138 g/mol. The fraction of sp³-hybridized carbons (Fsp3) is 0.750. The number of nitrogens with two attached hydrogens (primary N) is 1. The van der Waals surface area contributed by atoms with Gasteiger partial charge in [0.15, 0.2) is 0 Å². The van der Waals surface area contributed by atoms with Gasteiger partial charge in [-0.25, -0.2) is 0 Å². The predicted octanol–water partition coefficient (Wildman–Crippen LogP) is -0.497. The van der Waals surface area contributed by atoms with E-state index in [0.717, 1.165) is 0 Å². The van der Waals surface area contributed by atoms with Gasteiger partial charge < -0.3 is 11.1 Å². The van der Waals surface area contributed by atoms with E-state index in [4.69, 9.17) is 5.73 Å². The molecule has 3 nitrogen and oxygen atoms in total. The van der Waals surface area contributed by atoms with Crippen molar-refractivity contribution in [2.45, 2.75) is 6.42 Å². The van der Waals surface area contributed by atoms with Crippen molar-refractivity contribution in [1.82, 2.24) is 5.32 Å². The third-order valence-electron chi connectivity index (χ3n) is 0.650. The van der Waals surface area contributed by atoms with E-state index < -0.39 is 0 Å². The van der Waals surface area contributed by atoms with Crippen molar-refractivity contribution in [2.24, 2.45) is 5.73 Å². The first-order chi connectivity index (χ1) is 3.31. The fourth-order valence-electron chi connectivity index (χ4n) is 0.256. The number of carbonyl (C=O) groups is 1. The van der Waals surface area contributed by atoms with Gasteiger partial charge in [-0.1, -0.05) is 0 Å². The first kappa shape index (κ1) is 10.7. The summed E-state index contributed by atoms with van der Waals surface area (Å²) in [4.78, 5) is 10.2. The van der Waals surface area contributed by atoms with E-state index in [1.54, 1.807) is 7.05 Å². The molecule has 0 aliphatic rings. The minimum absolute atomic E-state index is 0. The minimum atomic E-state index is 0. The van der Waals surface area contributed by atoms with Crippen LogP contribution in [0.2, 0.25) is 0 Å². The SMILES string of the molecule is CNC(=O)CCN.Cl. The van der Waals surface area contributed by atoms with Crippen molar-refractivity contribution in [1.29, 1.82) is 0 Å². The summed E-state index contributed by atoms with van der Waals surface area (Å²) in [6.45, 7) is 0.430. The Kier molecular flexibility index (Phi) is 8.95. The van der Waals surface area contributed by atoms with Crippen LogP contribution in [0.4, 0.5) is 0 Å². The Morgan fingerprint density at radius 3 is 2.38 bits per heavy atom. The second kappa shape index (κ2) is 6.72. The summed E-state index contributed by atoms with van der Waals surface area (Å²) in [5.41, 5.74) is 5.04.